The third-order valence-corrected chi connectivity index (χ3v) is 4.68. The van der Waals surface area contributed by atoms with Gasteiger partial charge < -0.3 is 13.6 Å². The normalized spacial score (nSPS) is 12.2. The number of hydrogen-bond acceptors (Lipinski definition) is 5. The number of benzene rings is 1. The predicted octanol–water partition coefficient (Wildman–Crippen LogP) is 3.55. The molecule has 1 aromatic carbocycles. The van der Waals surface area contributed by atoms with E-state index in [9.17, 15) is 9.59 Å². The highest BCUT2D eigenvalue weighted by Gasteiger charge is 2.44. The Morgan fingerprint density at radius 3 is 2.22 bits per heavy atom. The van der Waals surface area contributed by atoms with E-state index in [0.717, 1.165) is 5.56 Å². The van der Waals surface area contributed by atoms with Crippen LogP contribution in [0.3, 0.4) is 0 Å². The van der Waals surface area contributed by atoms with Gasteiger partial charge in [-0.2, -0.15) is 0 Å². The lowest BCUT2D eigenvalue weighted by atomic mass is 9.62. The average molecular weight is 318 g/mol. The zero-order valence-electron chi connectivity index (χ0n) is 14.1. The molecule has 0 radical (unpaired) electrons. The van der Waals surface area contributed by atoms with Gasteiger partial charge in [0.1, 0.15) is 0 Å². The van der Waals surface area contributed by atoms with Crippen LogP contribution in [0.15, 0.2) is 44.0 Å². The molecule has 0 amide bonds. The zero-order chi connectivity index (χ0) is 17.3. The first-order valence-corrected chi connectivity index (χ1v) is 7.48. The van der Waals surface area contributed by atoms with Gasteiger partial charge in [-0.3, -0.25) is 4.79 Å². The fraction of sp³-hybridized carbons (Fsp3) is 0.444. The van der Waals surface area contributed by atoms with Gasteiger partial charge in [0.2, 0.25) is 0 Å². The Kier molecular flexibility index (Phi) is 4.50. The molecule has 124 valence electrons. The smallest absolute Gasteiger partial charge is 0.458 e. The fourth-order valence-corrected chi connectivity index (χ4v) is 2.55. The molecule has 0 fully saturated rings. The van der Waals surface area contributed by atoms with Crippen LogP contribution >= 0.6 is 0 Å². The molecule has 5 heteroatoms. The van der Waals surface area contributed by atoms with Crippen molar-refractivity contribution in [3.05, 3.63) is 58.0 Å². The Morgan fingerprint density at radius 1 is 1.04 bits per heavy atom. The second-order valence-corrected chi connectivity index (χ2v) is 6.60. The maximum absolute atomic E-state index is 11.6. The first-order chi connectivity index (χ1) is 10.7. The standard InChI is InChI=1S/C18H22O5/c1-12(19)21-11-14-15(23-16(20)22-14)18(4,5)17(2,3)13-9-7-6-8-10-13/h6-10H,11H2,1-5H3. The van der Waals surface area contributed by atoms with E-state index >= 15 is 0 Å². The Bertz CT molecular complexity index is 734. The van der Waals surface area contributed by atoms with Gasteiger partial charge in [-0.1, -0.05) is 58.0 Å². The summed E-state index contributed by atoms with van der Waals surface area (Å²) in [5.41, 5.74) is 0.196. The molecule has 23 heavy (non-hydrogen) atoms. The minimum Gasteiger partial charge on any atom is -0.458 e. The van der Waals surface area contributed by atoms with Crippen molar-refractivity contribution < 1.29 is 18.4 Å². The Balaban J connectivity index is 2.47. The molecule has 2 aromatic rings. The lowest BCUT2D eigenvalue weighted by molar-refractivity contribution is -0.142. The van der Waals surface area contributed by atoms with E-state index in [1.807, 2.05) is 44.2 Å². The SMILES string of the molecule is CC(=O)OCc1oc(=O)oc1C(C)(C)C(C)(C)c1ccccc1. The molecule has 0 N–H and O–H groups in total. The molecule has 5 nitrogen and oxygen atoms in total. The van der Waals surface area contributed by atoms with Gasteiger partial charge in [0, 0.05) is 17.8 Å². The summed E-state index contributed by atoms with van der Waals surface area (Å²) in [6, 6.07) is 9.96. The lowest BCUT2D eigenvalue weighted by Crippen LogP contribution is -2.40. The van der Waals surface area contributed by atoms with Gasteiger partial charge in [0.15, 0.2) is 18.1 Å². The van der Waals surface area contributed by atoms with E-state index in [0.29, 0.717) is 5.76 Å². The zero-order valence-corrected chi connectivity index (χ0v) is 14.1. The third kappa shape index (κ3) is 3.23. The van der Waals surface area contributed by atoms with Gasteiger partial charge >= 0.3 is 11.8 Å². The number of carbonyl (C=O) groups excluding carboxylic acids is 1. The number of hydrogen-bond donors (Lipinski definition) is 0. The van der Waals surface area contributed by atoms with E-state index < -0.39 is 17.2 Å². The third-order valence-electron chi connectivity index (χ3n) is 4.68. The van der Waals surface area contributed by atoms with Crippen molar-refractivity contribution in [2.45, 2.75) is 52.1 Å². The molecule has 0 aliphatic carbocycles. The molecule has 0 aliphatic rings. The van der Waals surface area contributed by atoms with Crippen molar-refractivity contribution in [2.24, 2.45) is 0 Å². The van der Waals surface area contributed by atoms with Crippen molar-refractivity contribution in [3.8, 4) is 0 Å². The molecular weight excluding hydrogens is 296 g/mol. The second kappa shape index (κ2) is 6.07. The van der Waals surface area contributed by atoms with Gasteiger partial charge in [0.05, 0.1) is 0 Å². The predicted molar refractivity (Wildman–Crippen MR) is 85.2 cm³/mol. The molecule has 0 saturated carbocycles. The van der Waals surface area contributed by atoms with Crippen molar-refractivity contribution >= 4 is 5.97 Å². The molecular formula is C18H22O5. The summed E-state index contributed by atoms with van der Waals surface area (Å²) in [4.78, 5) is 22.6. The van der Waals surface area contributed by atoms with E-state index in [1.54, 1.807) is 0 Å². The molecule has 0 aliphatic heterocycles. The summed E-state index contributed by atoms with van der Waals surface area (Å²) < 4.78 is 15.4. The van der Waals surface area contributed by atoms with Crippen LogP contribution in [0.25, 0.3) is 0 Å². The highest BCUT2D eigenvalue weighted by atomic mass is 16.6. The van der Waals surface area contributed by atoms with E-state index in [4.69, 9.17) is 13.6 Å². The number of ether oxygens (including phenoxy) is 1. The number of esters is 1. The number of carbonyl (C=O) groups is 1. The maximum Gasteiger partial charge on any atom is 0.519 e. The highest BCUT2D eigenvalue weighted by molar-refractivity contribution is 5.65. The Hall–Kier alpha value is -2.30. The maximum atomic E-state index is 11.6. The lowest BCUT2D eigenvalue weighted by Gasteiger charge is -2.40. The monoisotopic (exact) mass is 318 g/mol. The summed E-state index contributed by atoms with van der Waals surface area (Å²) >= 11 is 0. The van der Waals surface area contributed by atoms with Crippen molar-refractivity contribution in [3.63, 3.8) is 0 Å². The summed E-state index contributed by atoms with van der Waals surface area (Å²) in [5, 5.41) is 0. The van der Waals surface area contributed by atoms with E-state index in [2.05, 4.69) is 13.8 Å². The van der Waals surface area contributed by atoms with Crippen LogP contribution in [0, 0.1) is 0 Å². The molecule has 2 rings (SSSR count). The van der Waals surface area contributed by atoms with Gasteiger partial charge in [0.25, 0.3) is 0 Å². The summed E-state index contributed by atoms with van der Waals surface area (Å²) in [7, 11) is 0. The number of rotatable bonds is 5. The fourth-order valence-electron chi connectivity index (χ4n) is 2.55. The molecule has 0 unspecified atom stereocenters. The Labute approximate surface area is 135 Å². The minimum atomic E-state index is -0.793. The van der Waals surface area contributed by atoms with Crippen LogP contribution in [0.5, 0.6) is 0 Å². The van der Waals surface area contributed by atoms with Crippen LogP contribution in [-0.4, -0.2) is 5.97 Å². The Morgan fingerprint density at radius 2 is 1.65 bits per heavy atom. The van der Waals surface area contributed by atoms with Crippen LogP contribution in [-0.2, 0) is 27.0 Å². The molecule has 1 heterocycles. The van der Waals surface area contributed by atoms with Crippen molar-refractivity contribution in [2.75, 3.05) is 0 Å². The molecule has 0 spiro atoms. The van der Waals surface area contributed by atoms with Gasteiger partial charge in [-0.25, -0.2) is 4.79 Å². The molecule has 0 atom stereocenters. The molecule has 0 bridgehead atoms. The summed E-state index contributed by atoms with van der Waals surface area (Å²) in [6.45, 7) is 9.29. The van der Waals surface area contributed by atoms with Crippen molar-refractivity contribution in [1.29, 1.82) is 0 Å². The van der Waals surface area contributed by atoms with Crippen LogP contribution in [0.1, 0.15) is 51.7 Å². The average Bonchev–Trinajstić information content (AvgIpc) is 2.87. The minimum absolute atomic E-state index is 0.120. The van der Waals surface area contributed by atoms with Crippen molar-refractivity contribution in [1.82, 2.24) is 0 Å². The molecule has 0 saturated heterocycles. The summed E-state index contributed by atoms with van der Waals surface area (Å²) in [5.74, 6) is -0.587. The topological polar surface area (TPSA) is 69.7 Å². The van der Waals surface area contributed by atoms with Gasteiger partial charge in [-0.05, 0) is 5.56 Å². The van der Waals surface area contributed by atoms with Crippen LogP contribution in [0.4, 0.5) is 0 Å². The summed E-state index contributed by atoms with van der Waals surface area (Å²) in [6.07, 6.45) is 0. The van der Waals surface area contributed by atoms with Crippen LogP contribution < -0.4 is 5.82 Å². The first kappa shape index (κ1) is 17.1. The second-order valence-electron chi connectivity index (χ2n) is 6.60. The van der Waals surface area contributed by atoms with Crippen LogP contribution in [0.2, 0.25) is 0 Å². The largest absolute Gasteiger partial charge is 0.519 e. The van der Waals surface area contributed by atoms with Gasteiger partial charge in [-0.15, -0.1) is 0 Å². The highest BCUT2D eigenvalue weighted by Crippen LogP contribution is 2.44. The van der Waals surface area contributed by atoms with E-state index in [1.165, 1.54) is 6.92 Å². The quantitative estimate of drug-likeness (QED) is 0.788. The van der Waals surface area contributed by atoms with E-state index in [-0.39, 0.29) is 17.8 Å². The first-order valence-electron chi connectivity index (χ1n) is 7.48. The molecule has 1 aromatic heterocycles.